The van der Waals surface area contributed by atoms with Crippen LogP contribution in [-0.4, -0.2) is 19.0 Å². The Bertz CT molecular complexity index is 544. The van der Waals surface area contributed by atoms with Crippen molar-refractivity contribution in [2.24, 2.45) is 0 Å². The Morgan fingerprint density at radius 1 is 0.944 bits per heavy atom. The summed E-state index contributed by atoms with van der Waals surface area (Å²) in [7, 11) is 0. The van der Waals surface area contributed by atoms with E-state index >= 15 is 0 Å². The van der Waals surface area contributed by atoms with E-state index in [-0.39, 0.29) is 6.17 Å². The highest BCUT2D eigenvalue weighted by molar-refractivity contribution is 5.83. The largest absolute Gasteiger partial charge is 0.338 e. The zero-order valence-electron chi connectivity index (χ0n) is 9.80. The first-order chi connectivity index (χ1) is 8.83. The highest BCUT2D eigenvalue weighted by Crippen LogP contribution is 2.16. The van der Waals surface area contributed by atoms with E-state index in [1.165, 1.54) is 5.39 Å². The fourth-order valence-electron chi connectivity index (χ4n) is 1.93. The molecule has 0 atom stereocenters. The fraction of sp³-hybridized carbons (Fsp3) is 0.143. The summed E-state index contributed by atoms with van der Waals surface area (Å²) in [4.78, 5) is 20.9. The highest BCUT2D eigenvalue weighted by Gasteiger charge is 2.06. The normalized spacial score (nSPS) is 10.3. The van der Waals surface area contributed by atoms with Crippen LogP contribution in [0.2, 0.25) is 0 Å². The molecule has 2 rings (SSSR count). The number of rotatable bonds is 6. The van der Waals surface area contributed by atoms with Gasteiger partial charge in [-0.15, -0.1) is 0 Å². The molecule has 0 radical (unpaired) electrons. The summed E-state index contributed by atoms with van der Waals surface area (Å²) in [5, 5.41) is 7.43. The number of amides is 2. The zero-order valence-corrected chi connectivity index (χ0v) is 9.80. The molecular formula is C14H14N2O2. The third-order valence-corrected chi connectivity index (χ3v) is 2.79. The molecule has 0 unspecified atom stereocenters. The van der Waals surface area contributed by atoms with Crippen LogP contribution < -0.4 is 10.6 Å². The molecule has 0 aromatic heterocycles. The number of hydrogen-bond acceptors (Lipinski definition) is 2. The average molecular weight is 242 g/mol. The van der Waals surface area contributed by atoms with Crippen LogP contribution in [0.15, 0.2) is 42.5 Å². The third-order valence-electron chi connectivity index (χ3n) is 2.79. The van der Waals surface area contributed by atoms with E-state index in [1.807, 2.05) is 36.4 Å². The van der Waals surface area contributed by atoms with Crippen molar-refractivity contribution >= 4 is 23.6 Å². The van der Waals surface area contributed by atoms with Gasteiger partial charge in [-0.25, -0.2) is 0 Å². The van der Waals surface area contributed by atoms with Crippen molar-refractivity contribution in [3.05, 3.63) is 48.0 Å². The standard InChI is InChI=1S/C14H14N2O2/c17-9-15-14(16-10-18)8-11-5-6-12-3-1-2-4-13(12)7-11/h1-7,9-10,14H,8H2,(H,15,17)(H,16,18). The van der Waals surface area contributed by atoms with Crippen LogP contribution in [0.25, 0.3) is 10.8 Å². The summed E-state index contributed by atoms with van der Waals surface area (Å²) < 4.78 is 0. The molecule has 0 aliphatic rings. The molecule has 4 nitrogen and oxygen atoms in total. The molecule has 0 bridgehead atoms. The van der Waals surface area contributed by atoms with E-state index in [4.69, 9.17) is 0 Å². The molecule has 0 saturated heterocycles. The predicted octanol–water partition coefficient (Wildman–Crippen LogP) is 1.20. The van der Waals surface area contributed by atoms with Gasteiger partial charge < -0.3 is 10.6 Å². The first-order valence-corrected chi connectivity index (χ1v) is 5.70. The van der Waals surface area contributed by atoms with Crippen molar-refractivity contribution in [2.45, 2.75) is 12.6 Å². The lowest BCUT2D eigenvalue weighted by atomic mass is 10.0. The van der Waals surface area contributed by atoms with Gasteiger partial charge in [-0.05, 0) is 16.3 Å². The molecule has 0 spiro atoms. The summed E-state index contributed by atoms with van der Waals surface area (Å²) in [5.41, 5.74) is 1.06. The van der Waals surface area contributed by atoms with Crippen LogP contribution in [0.4, 0.5) is 0 Å². The van der Waals surface area contributed by atoms with E-state index in [9.17, 15) is 9.59 Å². The molecule has 2 amide bonds. The quantitative estimate of drug-likeness (QED) is 0.590. The van der Waals surface area contributed by atoms with Crippen LogP contribution in [0, 0.1) is 0 Å². The molecule has 2 N–H and O–H groups in total. The van der Waals surface area contributed by atoms with Crippen LogP contribution in [-0.2, 0) is 16.0 Å². The number of carbonyl (C=O) groups is 2. The zero-order chi connectivity index (χ0) is 12.8. The fourth-order valence-corrected chi connectivity index (χ4v) is 1.93. The molecule has 0 heterocycles. The van der Waals surface area contributed by atoms with Gasteiger partial charge in [0.1, 0.15) is 6.17 Å². The Kier molecular flexibility index (Phi) is 3.91. The third kappa shape index (κ3) is 2.85. The Morgan fingerprint density at radius 3 is 2.28 bits per heavy atom. The number of nitrogens with one attached hydrogen (secondary N) is 2. The van der Waals surface area contributed by atoms with Crippen molar-refractivity contribution in [2.75, 3.05) is 0 Å². The van der Waals surface area contributed by atoms with Crippen LogP contribution in [0.5, 0.6) is 0 Å². The van der Waals surface area contributed by atoms with Gasteiger partial charge in [0, 0.05) is 6.42 Å². The molecule has 2 aromatic rings. The lowest BCUT2D eigenvalue weighted by Gasteiger charge is -2.15. The van der Waals surface area contributed by atoms with Gasteiger partial charge in [0.05, 0.1) is 0 Å². The summed E-state index contributed by atoms with van der Waals surface area (Å²) in [6.45, 7) is 0. The maximum atomic E-state index is 10.4. The minimum absolute atomic E-state index is 0.374. The van der Waals surface area contributed by atoms with Crippen molar-refractivity contribution in [3.63, 3.8) is 0 Å². The first kappa shape index (κ1) is 12.1. The van der Waals surface area contributed by atoms with Crippen molar-refractivity contribution in [1.82, 2.24) is 10.6 Å². The number of fused-ring (bicyclic) bond motifs is 1. The van der Waals surface area contributed by atoms with Gasteiger partial charge in [0.15, 0.2) is 0 Å². The highest BCUT2D eigenvalue weighted by atomic mass is 16.1. The Labute approximate surface area is 105 Å². The molecular weight excluding hydrogens is 228 g/mol. The van der Waals surface area contributed by atoms with Gasteiger partial charge in [-0.1, -0.05) is 42.5 Å². The van der Waals surface area contributed by atoms with E-state index in [0.29, 0.717) is 19.2 Å². The second-order valence-corrected chi connectivity index (χ2v) is 4.01. The molecule has 0 fully saturated rings. The Hall–Kier alpha value is -2.36. The molecule has 2 aromatic carbocycles. The van der Waals surface area contributed by atoms with E-state index in [0.717, 1.165) is 10.9 Å². The van der Waals surface area contributed by atoms with E-state index in [2.05, 4.69) is 16.7 Å². The number of hydrogen-bond donors (Lipinski definition) is 2. The second-order valence-electron chi connectivity index (χ2n) is 4.01. The molecule has 92 valence electrons. The molecule has 0 aliphatic carbocycles. The van der Waals surface area contributed by atoms with Crippen LogP contribution in [0.3, 0.4) is 0 Å². The summed E-state index contributed by atoms with van der Waals surface area (Å²) in [5.74, 6) is 0. The Balaban J connectivity index is 2.19. The van der Waals surface area contributed by atoms with Crippen LogP contribution in [0.1, 0.15) is 5.56 Å². The maximum Gasteiger partial charge on any atom is 0.208 e. The molecule has 18 heavy (non-hydrogen) atoms. The van der Waals surface area contributed by atoms with Gasteiger partial charge in [0.2, 0.25) is 12.8 Å². The first-order valence-electron chi connectivity index (χ1n) is 5.70. The molecule has 0 saturated carbocycles. The minimum atomic E-state index is -0.374. The van der Waals surface area contributed by atoms with Gasteiger partial charge >= 0.3 is 0 Å². The lowest BCUT2D eigenvalue weighted by Crippen LogP contribution is -2.42. The maximum absolute atomic E-state index is 10.4. The SMILES string of the molecule is O=CNC(Cc1ccc2ccccc2c1)NC=O. The number of benzene rings is 2. The van der Waals surface area contributed by atoms with E-state index < -0.39 is 0 Å². The second kappa shape index (κ2) is 5.82. The van der Waals surface area contributed by atoms with E-state index in [1.54, 1.807) is 0 Å². The topological polar surface area (TPSA) is 58.2 Å². The van der Waals surface area contributed by atoms with Crippen molar-refractivity contribution < 1.29 is 9.59 Å². The summed E-state index contributed by atoms with van der Waals surface area (Å²) in [6.07, 6.45) is 1.35. The Morgan fingerprint density at radius 2 is 1.61 bits per heavy atom. The summed E-state index contributed by atoms with van der Waals surface area (Å²) in [6, 6.07) is 14.1. The average Bonchev–Trinajstić information content (AvgIpc) is 2.39. The molecule has 4 heteroatoms. The van der Waals surface area contributed by atoms with Gasteiger partial charge in [0.25, 0.3) is 0 Å². The number of carbonyl (C=O) groups excluding carboxylic acids is 2. The van der Waals surface area contributed by atoms with Gasteiger partial charge in [-0.3, -0.25) is 9.59 Å². The van der Waals surface area contributed by atoms with Crippen LogP contribution >= 0.6 is 0 Å². The lowest BCUT2D eigenvalue weighted by molar-refractivity contribution is -0.112. The van der Waals surface area contributed by atoms with Gasteiger partial charge in [-0.2, -0.15) is 0 Å². The van der Waals surface area contributed by atoms with Crippen molar-refractivity contribution in [3.8, 4) is 0 Å². The monoisotopic (exact) mass is 242 g/mol. The smallest absolute Gasteiger partial charge is 0.208 e. The molecule has 0 aliphatic heterocycles. The predicted molar refractivity (Wildman–Crippen MR) is 69.8 cm³/mol. The van der Waals surface area contributed by atoms with Crippen molar-refractivity contribution in [1.29, 1.82) is 0 Å². The summed E-state index contributed by atoms with van der Waals surface area (Å²) >= 11 is 0. The minimum Gasteiger partial charge on any atom is -0.338 e.